The van der Waals surface area contributed by atoms with Crippen LogP contribution in [0.5, 0.6) is 17.2 Å². The summed E-state index contributed by atoms with van der Waals surface area (Å²) in [6.07, 6.45) is 0. The van der Waals surface area contributed by atoms with Crippen molar-refractivity contribution >= 4 is 33.7 Å². The minimum atomic E-state index is -0.320. The molecule has 0 saturated heterocycles. The fourth-order valence-corrected chi connectivity index (χ4v) is 3.96. The van der Waals surface area contributed by atoms with Gasteiger partial charge in [0, 0.05) is 17.5 Å². The Kier molecular flexibility index (Phi) is 7.39. The Labute approximate surface area is 205 Å². The number of hydrogen-bond acceptors (Lipinski definition) is 6. The van der Waals surface area contributed by atoms with E-state index in [0.717, 1.165) is 21.9 Å². The highest BCUT2D eigenvalue weighted by Gasteiger charge is 2.21. The molecule has 0 aliphatic rings. The van der Waals surface area contributed by atoms with Crippen molar-refractivity contribution < 1.29 is 19.0 Å². The second-order valence-corrected chi connectivity index (χ2v) is 8.53. The molecule has 8 nitrogen and oxygen atoms in total. The monoisotopic (exact) mass is 476 g/mol. The Hall–Kier alpha value is -3.81. The molecule has 0 atom stereocenters. The van der Waals surface area contributed by atoms with Crippen molar-refractivity contribution in [2.75, 3.05) is 25.1 Å². The summed E-state index contributed by atoms with van der Waals surface area (Å²) >= 11 is 0. The number of carbonyl (C=O) groups excluding carboxylic acids is 1. The largest absolute Gasteiger partial charge is 0.490 e. The third-order valence-corrected chi connectivity index (χ3v) is 5.37. The van der Waals surface area contributed by atoms with E-state index in [2.05, 4.69) is 19.2 Å². The van der Waals surface area contributed by atoms with E-state index in [1.54, 1.807) is 12.1 Å². The molecule has 184 valence electrons. The topological polar surface area (TPSA) is 87.5 Å². The summed E-state index contributed by atoms with van der Waals surface area (Å²) in [5, 5.41) is 9.48. The van der Waals surface area contributed by atoms with Gasteiger partial charge in [-0.1, -0.05) is 32.0 Å². The van der Waals surface area contributed by atoms with Gasteiger partial charge in [0.25, 0.3) is 5.91 Å². The molecule has 2 heterocycles. The van der Waals surface area contributed by atoms with Crippen LogP contribution >= 0.6 is 0 Å². The van der Waals surface area contributed by atoms with Crippen molar-refractivity contribution in [3.8, 4) is 17.2 Å². The highest BCUT2D eigenvalue weighted by Crippen LogP contribution is 2.39. The van der Waals surface area contributed by atoms with Gasteiger partial charge in [-0.2, -0.15) is 5.10 Å². The average Bonchev–Trinajstić information content (AvgIpc) is 3.15. The first-order valence-electron chi connectivity index (χ1n) is 12.1. The molecule has 0 radical (unpaired) electrons. The summed E-state index contributed by atoms with van der Waals surface area (Å²) in [6, 6.07) is 13.3. The van der Waals surface area contributed by atoms with Gasteiger partial charge < -0.3 is 19.5 Å². The van der Waals surface area contributed by atoms with E-state index in [4.69, 9.17) is 24.3 Å². The van der Waals surface area contributed by atoms with Crippen molar-refractivity contribution in [3.63, 3.8) is 0 Å². The molecule has 0 fully saturated rings. The third kappa shape index (κ3) is 5.16. The second kappa shape index (κ2) is 10.6. The zero-order valence-corrected chi connectivity index (χ0v) is 20.9. The summed E-state index contributed by atoms with van der Waals surface area (Å²) in [7, 11) is 0. The van der Waals surface area contributed by atoms with Crippen LogP contribution in [0.15, 0.2) is 42.5 Å². The summed E-state index contributed by atoms with van der Waals surface area (Å²) < 4.78 is 19.2. The number of aromatic nitrogens is 3. The number of anilines is 1. The number of pyridine rings is 1. The zero-order valence-electron chi connectivity index (χ0n) is 20.9. The molecule has 0 aliphatic heterocycles. The number of ether oxygens (including phenoxy) is 3. The Morgan fingerprint density at radius 1 is 0.971 bits per heavy atom. The molecule has 0 unspecified atom stereocenters. The predicted molar refractivity (Wildman–Crippen MR) is 138 cm³/mol. The number of hydrogen-bond donors (Lipinski definition) is 1. The number of rotatable bonds is 10. The normalized spacial score (nSPS) is 11.3. The standard InChI is InChI=1S/C27H32N4O4/c1-6-33-22-14-19(15-23(34-7-2)24(22)35-8-3)27(32)29-25-20-13-18-11-9-10-12-21(18)28-26(20)31(30-25)16-17(4)5/h9-15,17H,6-8,16H2,1-5H3,(H,29,30,32). The molecule has 0 bridgehead atoms. The smallest absolute Gasteiger partial charge is 0.257 e. The molecule has 0 spiro atoms. The minimum absolute atomic E-state index is 0.320. The number of amides is 1. The number of nitrogens with zero attached hydrogens (tertiary/aromatic N) is 3. The van der Waals surface area contributed by atoms with E-state index in [-0.39, 0.29) is 5.91 Å². The van der Waals surface area contributed by atoms with E-state index in [1.807, 2.05) is 55.8 Å². The van der Waals surface area contributed by atoms with Gasteiger partial charge in [0.15, 0.2) is 23.0 Å². The fourth-order valence-electron chi connectivity index (χ4n) is 3.96. The van der Waals surface area contributed by atoms with Crippen molar-refractivity contribution in [2.45, 2.75) is 41.2 Å². The van der Waals surface area contributed by atoms with E-state index in [9.17, 15) is 4.79 Å². The van der Waals surface area contributed by atoms with Gasteiger partial charge in [-0.3, -0.25) is 4.79 Å². The van der Waals surface area contributed by atoms with E-state index in [0.29, 0.717) is 60.9 Å². The molecule has 2 aromatic heterocycles. The number of benzene rings is 2. The first-order valence-corrected chi connectivity index (χ1v) is 12.1. The molecular formula is C27H32N4O4. The van der Waals surface area contributed by atoms with Crippen molar-refractivity contribution in [1.82, 2.24) is 14.8 Å². The fraction of sp³-hybridized carbons (Fsp3) is 0.370. The average molecular weight is 477 g/mol. The molecule has 8 heteroatoms. The van der Waals surface area contributed by atoms with Gasteiger partial charge in [-0.15, -0.1) is 0 Å². The Bertz CT molecular complexity index is 1320. The van der Waals surface area contributed by atoms with Crippen molar-refractivity contribution in [3.05, 3.63) is 48.0 Å². The molecule has 1 amide bonds. The summed E-state index contributed by atoms with van der Waals surface area (Å²) in [5.74, 6) is 1.94. The van der Waals surface area contributed by atoms with Crippen LogP contribution in [0.1, 0.15) is 45.0 Å². The zero-order chi connectivity index (χ0) is 24.9. The number of nitrogens with one attached hydrogen (secondary N) is 1. The molecular weight excluding hydrogens is 444 g/mol. The van der Waals surface area contributed by atoms with Gasteiger partial charge in [-0.25, -0.2) is 9.67 Å². The molecule has 2 aromatic carbocycles. The second-order valence-electron chi connectivity index (χ2n) is 8.53. The van der Waals surface area contributed by atoms with E-state index < -0.39 is 0 Å². The van der Waals surface area contributed by atoms with Crippen molar-refractivity contribution in [1.29, 1.82) is 0 Å². The maximum absolute atomic E-state index is 13.4. The summed E-state index contributed by atoms with van der Waals surface area (Å²) in [6.45, 7) is 11.9. The Balaban J connectivity index is 1.77. The van der Waals surface area contributed by atoms with Gasteiger partial charge >= 0.3 is 0 Å². The number of para-hydroxylation sites is 1. The van der Waals surface area contributed by atoms with Crippen LogP contribution in [-0.4, -0.2) is 40.5 Å². The molecule has 4 aromatic rings. The van der Waals surface area contributed by atoms with Gasteiger partial charge in [0.1, 0.15) is 0 Å². The molecule has 1 N–H and O–H groups in total. The predicted octanol–water partition coefficient (Wildman–Crippen LogP) is 5.69. The Morgan fingerprint density at radius 3 is 2.26 bits per heavy atom. The van der Waals surface area contributed by atoms with Gasteiger partial charge in [0.05, 0.1) is 30.7 Å². The van der Waals surface area contributed by atoms with Crippen LogP contribution in [0.25, 0.3) is 21.9 Å². The van der Waals surface area contributed by atoms with Crippen LogP contribution in [-0.2, 0) is 6.54 Å². The van der Waals surface area contributed by atoms with E-state index in [1.165, 1.54) is 0 Å². The lowest BCUT2D eigenvalue weighted by molar-refractivity contribution is 0.102. The maximum Gasteiger partial charge on any atom is 0.257 e. The molecule has 35 heavy (non-hydrogen) atoms. The lowest BCUT2D eigenvalue weighted by atomic mass is 10.1. The first-order chi connectivity index (χ1) is 16.9. The summed E-state index contributed by atoms with van der Waals surface area (Å²) in [5.41, 5.74) is 2.02. The van der Waals surface area contributed by atoms with E-state index >= 15 is 0 Å². The maximum atomic E-state index is 13.4. The highest BCUT2D eigenvalue weighted by atomic mass is 16.5. The molecule has 4 rings (SSSR count). The van der Waals surface area contributed by atoms with Crippen LogP contribution in [0.3, 0.4) is 0 Å². The van der Waals surface area contributed by atoms with Crippen LogP contribution < -0.4 is 19.5 Å². The highest BCUT2D eigenvalue weighted by molar-refractivity contribution is 6.09. The SMILES string of the molecule is CCOc1cc(C(=O)Nc2nn(CC(C)C)c3nc4ccccc4cc23)cc(OCC)c1OCC. The van der Waals surface area contributed by atoms with Crippen LogP contribution in [0.4, 0.5) is 5.82 Å². The lowest BCUT2D eigenvalue weighted by Gasteiger charge is -2.17. The first kappa shape index (κ1) is 24.3. The van der Waals surface area contributed by atoms with Crippen LogP contribution in [0.2, 0.25) is 0 Å². The quantitative estimate of drug-likeness (QED) is 0.316. The van der Waals surface area contributed by atoms with Crippen LogP contribution in [0, 0.1) is 5.92 Å². The third-order valence-electron chi connectivity index (χ3n) is 5.37. The summed E-state index contributed by atoms with van der Waals surface area (Å²) in [4.78, 5) is 18.2. The van der Waals surface area contributed by atoms with Gasteiger partial charge in [0.2, 0.25) is 5.75 Å². The number of fused-ring (bicyclic) bond motifs is 2. The lowest BCUT2D eigenvalue weighted by Crippen LogP contribution is -2.14. The Morgan fingerprint density at radius 2 is 1.63 bits per heavy atom. The molecule has 0 aliphatic carbocycles. The van der Waals surface area contributed by atoms with Gasteiger partial charge in [-0.05, 0) is 51.0 Å². The minimum Gasteiger partial charge on any atom is -0.490 e. The van der Waals surface area contributed by atoms with Crippen molar-refractivity contribution in [2.24, 2.45) is 5.92 Å². The number of carbonyl (C=O) groups is 1. The molecule has 0 saturated carbocycles.